The summed E-state index contributed by atoms with van der Waals surface area (Å²) in [4.78, 5) is 4.18. The summed E-state index contributed by atoms with van der Waals surface area (Å²) in [7, 11) is -2.94. The first-order chi connectivity index (χ1) is 8.37. The molecule has 2 rings (SSSR count). The van der Waals surface area contributed by atoms with Crippen molar-refractivity contribution in [3.05, 3.63) is 11.7 Å². The van der Waals surface area contributed by atoms with E-state index in [1.165, 1.54) is 0 Å². The van der Waals surface area contributed by atoms with Crippen molar-refractivity contribution < 1.29 is 18.0 Å². The average molecular weight is 274 g/mol. The molecular weight excluding hydrogens is 256 g/mol. The number of rotatable bonds is 4. The predicted molar refractivity (Wildman–Crippen MR) is 64.9 cm³/mol. The molecule has 2 heterocycles. The van der Waals surface area contributed by atoms with Gasteiger partial charge in [-0.1, -0.05) is 19.0 Å². The summed E-state index contributed by atoms with van der Waals surface area (Å²) in [6.45, 7) is 3.82. The van der Waals surface area contributed by atoms with Crippen molar-refractivity contribution in [1.29, 1.82) is 0 Å². The zero-order chi connectivity index (χ0) is 13.3. The molecule has 6 nitrogen and oxygen atoms in total. The van der Waals surface area contributed by atoms with Gasteiger partial charge < -0.3 is 9.63 Å². The van der Waals surface area contributed by atoms with Crippen molar-refractivity contribution >= 4 is 9.84 Å². The smallest absolute Gasteiger partial charge is 0.229 e. The van der Waals surface area contributed by atoms with Gasteiger partial charge in [-0.2, -0.15) is 4.98 Å². The molecule has 1 fully saturated rings. The summed E-state index contributed by atoms with van der Waals surface area (Å²) in [6, 6.07) is 0. The molecular formula is C11H18N2O4S. The Bertz CT molecular complexity index is 509. The van der Waals surface area contributed by atoms with Gasteiger partial charge in [0.15, 0.2) is 15.7 Å². The van der Waals surface area contributed by atoms with Gasteiger partial charge in [-0.05, 0) is 12.3 Å². The fraction of sp³-hybridized carbons (Fsp3) is 0.818. The molecule has 0 bridgehead atoms. The normalized spacial score (nSPS) is 24.6. The average Bonchev–Trinajstić information content (AvgIpc) is 2.84. The topological polar surface area (TPSA) is 93.3 Å². The lowest BCUT2D eigenvalue weighted by Gasteiger charge is -2.10. The number of aliphatic hydroxyl groups is 1. The third kappa shape index (κ3) is 3.08. The SMILES string of the molecule is CC(C)C(O)Cc1nc(C2CCS(=O)(=O)C2)no1. The van der Waals surface area contributed by atoms with E-state index in [1.54, 1.807) is 0 Å². The largest absolute Gasteiger partial charge is 0.392 e. The maximum Gasteiger partial charge on any atom is 0.229 e. The summed E-state index contributed by atoms with van der Waals surface area (Å²) < 4.78 is 27.8. The second-order valence-corrected chi connectivity index (χ2v) is 7.39. The standard InChI is InChI=1S/C11H18N2O4S/c1-7(2)9(14)5-10-12-11(13-17-10)8-3-4-18(15,16)6-8/h7-9,14H,3-6H2,1-2H3. The monoisotopic (exact) mass is 274 g/mol. The number of sulfone groups is 1. The molecule has 0 spiro atoms. The Labute approximate surface area is 106 Å². The molecule has 0 aromatic carbocycles. The van der Waals surface area contributed by atoms with Crippen LogP contribution in [0.3, 0.4) is 0 Å². The molecule has 2 unspecified atom stereocenters. The minimum Gasteiger partial charge on any atom is -0.392 e. The molecule has 2 atom stereocenters. The van der Waals surface area contributed by atoms with Crippen LogP contribution in [0.25, 0.3) is 0 Å². The van der Waals surface area contributed by atoms with Crippen LogP contribution in [0.5, 0.6) is 0 Å². The number of hydrogen-bond acceptors (Lipinski definition) is 6. The number of aromatic nitrogens is 2. The number of hydrogen-bond donors (Lipinski definition) is 1. The first-order valence-corrected chi connectivity index (χ1v) is 7.90. The van der Waals surface area contributed by atoms with Crippen LogP contribution in [-0.4, -0.2) is 41.3 Å². The number of aliphatic hydroxyl groups excluding tert-OH is 1. The highest BCUT2D eigenvalue weighted by atomic mass is 32.2. The van der Waals surface area contributed by atoms with Gasteiger partial charge in [0, 0.05) is 5.92 Å². The molecule has 0 aliphatic carbocycles. The molecule has 1 aliphatic rings. The van der Waals surface area contributed by atoms with Gasteiger partial charge in [0.25, 0.3) is 0 Å². The first kappa shape index (κ1) is 13.5. The van der Waals surface area contributed by atoms with Crippen LogP contribution in [0.1, 0.15) is 37.9 Å². The quantitative estimate of drug-likeness (QED) is 0.861. The van der Waals surface area contributed by atoms with Crippen LogP contribution >= 0.6 is 0 Å². The van der Waals surface area contributed by atoms with E-state index in [-0.39, 0.29) is 23.3 Å². The molecule has 1 saturated heterocycles. The van der Waals surface area contributed by atoms with E-state index in [0.717, 1.165) is 0 Å². The maximum atomic E-state index is 11.4. The highest BCUT2D eigenvalue weighted by Crippen LogP contribution is 2.26. The Balaban J connectivity index is 2.03. The Hall–Kier alpha value is -0.950. The summed E-state index contributed by atoms with van der Waals surface area (Å²) >= 11 is 0. The van der Waals surface area contributed by atoms with Gasteiger partial charge in [-0.15, -0.1) is 0 Å². The Kier molecular flexibility index (Phi) is 3.72. The number of nitrogens with zero attached hydrogens (tertiary/aromatic N) is 2. The van der Waals surface area contributed by atoms with Crippen molar-refractivity contribution in [2.24, 2.45) is 5.92 Å². The molecule has 0 radical (unpaired) electrons. The zero-order valence-electron chi connectivity index (χ0n) is 10.5. The van der Waals surface area contributed by atoms with E-state index in [9.17, 15) is 13.5 Å². The van der Waals surface area contributed by atoms with Gasteiger partial charge in [0.1, 0.15) is 0 Å². The molecule has 1 aromatic heterocycles. The van der Waals surface area contributed by atoms with Crippen LogP contribution < -0.4 is 0 Å². The van der Waals surface area contributed by atoms with Crippen molar-refractivity contribution in [2.45, 2.75) is 38.7 Å². The lowest BCUT2D eigenvalue weighted by Crippen LogP contribution is -2.17. The molecule has 0 saturated carbocycles. The summed E-state index contributed by atoms with van der Waals surface area (Å²) in [5, 5.41) is 13.5. The lowest BCUT2D eigenvalue weighted by molar-refractivity contribution is 0.116. The van der Waals surface area contributed by atoms with Crippen LogP contribution in [0, 0.1) is 5.92 Å². The molecule has 1 N–H and O–H groups in total. The predicted octanol–water partition coefficient (Wildman–Crippen LogP) is 0.531. The van der Waals surface area contributed by atoms with Crippen molar-refractivity contribution in [2.75, 3.05) is 11.5 Å². The van der Waals surface area contributed by atoms with E-state index in [4.69, 9.17) is 4.52 Å². The molecule has 0 amide bonds. The van der Waals surface area contributed by atoms with Gasteiger partial charge in [0.2, 0.25) is 5.89 Å². The third-order valence-electron chi connectivity index (χ3n) is 3.23. The Morgan fingerprint density at radius 2 is 2.22 bits per heavy atom. The highest BCUT2D eigenvalue weighted by molar-refractivity contribution is 7.91. The highest BCUT2D eigenvalue weighted by Gasteiger charge is 2.32. The summed E-state index contributed by atoms with van der Waals surface area (Å²) in [6.07, 6.45) is 0.337. The second-order valence-electron chi connectivity index (χ2n) is 5.16. The van der Waals surface area contributed by atoms with Gasteiger partial charge >= 0.3 is 0 Å². The van der Waals surface area contributed by atoms with Crippen LogP contribution in [0.2, 0.25) is 0 Å². The minimum absolute atomic E-state index is 0.0959. The lowest BCUT2D eigenvalue weighted by atomic mass is 10.0. The Morgan fingerprint density at radius 3 is 2.78 bits per heavy atom. The maximum absolute atomic E-state index is 11.4. The fourth-order valence-corrected chi connectivity index (χ4v) is 3.67. The molecule has 102 valence electrons. The second kappa shape index (κ2) is 4.97. The fourth-order valence-electron chi connectivity index (χ4n) is 1.93. The van der Waals surface area contributed by atoms with E-state index in [2.05, 4.69) is 10.1 Å². The van der Waals surface area contributed by atoms with Crippen LogP contribution in [-0.2, 0) is 16.3 Å². The summed E-state index contributed by atoms with van der Waals surface area (Å²) in [5.74, 6) is 1.06. The molecule has 1 aromatic rings. The van der Waals surface area contributed by atoms with Gasteiger partial charge in [0.05, 0.1) is 24.0 Å². The van der Waals surface area contributed by atoms with Gasteiger partial charge in [-0.3, -0.25) is 0 Å². The first-order valence-electron chi connectivity index (χ1n) is 6.08. The van der Waals surface area contributed by atoms with E-state index in [1.807, 2.05) is 13.8 Å². The molecule has 18 heavy (non-hydrogen) atoms. The zero-order valence-corrected chi connectivity index (χ0v) is 11.4. The van der Waals surface area contributed by atoms with Crippen molar-refractivity contribution in [3.8, 4) is 0 Å². The van der Waals surface area contributed by atoms with E-state index >= 15 is 0 Å². The minimum atomic E-state index is -2.94. The van der Waals surface area contributed by atoms with Crippen LogP contribution in [0.4, 0.5) is 0 Å². The van der Waals surface area contributed by atoms with Crippen LogP contribution in [0.15, 0.2) is 4.52 Å². The molecule has 1 aliphatic heterocycles. The third-order valence-corrected chi connectivity index (χ3v) is 5.00. The van der Waals surface area contributed by atoms with E-state index in [0.29, 0.717) is 24.6 Å². The summed E-state index contributed by atoms with van der Waals surface area (Å²) in [5.41, 5.74) is 0. The van der Waals surface area contributed by atoms with E-state index < -0.39 is 15.9 Å². The Morgan fingerprint density at radius 1 is 1.50 bits per heavy atom. The van der Waals surface area contributed by atoms with Gasteiger partial charge in [-0.25, -0.2) is 8.42 Å². The van der Waals surface area contributed by atoms with Crippen molar-refractivity contribution in [1.82, 2.24) is 10.1 Å². The van der Waals surface area contributed by atoms with Crippen molar-refractivity contribution in [3.63, 3.8) is 0 Å². The molecule has 7 heteroatoms.